The van der Waals surface area contributed by atoms with Crippen LogP contribution in [0.2, 0.25) is 0 Å². The van der Waals surface area contributed by atoms with Crippen molar-refractivity contribution in [1.29, 1.82) is 0 Å². The molecule has 4 heterocycles. The van der Waals surface area contributed by atoms with E-state index in [9.17, 15) is 19.8 Å². The molecule has 1 aromatic rings. The molecule has 8 heteroatoms. The van der Waals surface area contributed by atoms with Gasteiger partial charge in [0, 0.05) is 34.0 Å². The summed E-state index contributed by atoms with van der Waals surface area (Å²) in [4.78, 5) is 20.7. The fourth-order valence-corrected chi connectivity index (χ4v) is 7.15. The van der Waals surface area contributed by atoms with E-state index in [0.29, 0.717) is 11.8 Å². The molecule has 6 fully saturated rings. The molecule has 4 saturated heterocycles. The number of hydrogen-bond donors (Lipinski definition) is 6. The smallest absolute Gasteiger partial charge is 0.335 e. The average Bonchev–Trinajstić information content (AvgIpc) is 2.71. The maximum absolute atomic E-state index is 10.3. The van der Waals surface area contributed by atoms with Crippen LogP contribution in [0.15, 0.2) is 24.3 Å². The Balaban J connectivity index is 0.000000150. The van der Waals surface area contributed by atoms with Crippen LogP contribution in [0.5, 0.6) is 0 Å². The summed E-state index contributed by atoms with van der Waals surface area (Å²) in [5.74, 6) is -1.21. The molecule has 202 valence electrons. The summed E-state index contributed by atoms with van der Waals surface area (Å²) >= 11 is 0. The molecular weight excluding hydrogens is 460 g/mol. The number of rotatable bonds is 2. The van der Waals surface area contributed by atoms with Crippen molar-refractivity contribution in [3.05, 3.63) is 35.4 Å². The maximum atomic E-state index is 10.3. The molecule has 0 amide bonds. The minimum atomic E-state index is -1.06. The number of hydrogen-bond acceptors (Lipinski definition) is 6. The second kappa shape index (κ2) is 10.0. The topological polar surface area (TPSA) is 139 Å². The zero-order valence-corrected chi connectivity index (χ0v) is 22.5. The van der Waals surface area contributed by atoms with Gasteiger partial charge in [-0.3, -0.25) is 0 Å². The van der Waals surface area contributed by atoms with Crippen LogP contribution in [0, 0.1) is 11.8 Å². The molecule has 6 unspecified atom stereocenters. The van der Waals surface area contributed by atoms with Gasteiger partial charge in [0.1, 0.15) is 0 Å². The van der Waals surface area contributed by atoms with Gasteiger partial charge in [-0.15, -0.1) is 0 Å². The Labute approximate surface area is 214 Å². The molecule has 0 aromatic heterocycles. The molecule has 1 aromatic carbocycles. The number of carboxylic acid groups (broad SMARTS) is 2. The predicted molar refractivity (Wildman–Crippen MR) is 138 cm³/mol. The zero-order valence-electron chi connectivity index (χ0n) is 22.5. The van der Waals surface area contributed by atoms with Crippen molar-refractivity contribution in [2.75, 3.05) is 0 Å². The van der Waals surface area contributed by atoms with E-state index in [0.717, 1.165) is 12.8 Å². The first kappa shape index (κ1) is 28.6. The summed E-state index contributed by atoms with van der Waals surface area (Å²) in [6.45, 7) is 13.3. The van der Waals surface area contributed by atoms with Crippen molar-refractivity contribution in [3.8, 4) is 0 Å². The molecule has 7 rings (SSSR count). The van der Waals surface area contributed by atoms with Crippen LogP contribution in [0.1, 0.15) is 101 Å². The van der Waals surface area contributed by atoms with Gasteiger partial charge < -0.3 is 31.1 Å². The lowest BCUT2D eigenvalue weighted by molar-refractivity contribution is -0.0718. The van der Waals surface area contributed by atoms with E-state index < -0.39 is 11.9 Å². The highest BCUT2D eigenvalue weighted by Gasteiger charge is 2.52. The Morgan fingerprint density at radius 3 is 1.19 bits per heavy atom. The van der Waals surface area contributed by atoms with Gasteiger partial charge in [0.15, 0.2) is 0 Å². The lowest BCUT2D eigenvalue weighted by Gasteiger charge is -2.57. The minimum Gasteiger partial charge on any atom is -0.478 e. The third-order valence-electron chi connectivity index (χ3n) is 8.74. The van der Waals surface area contributed by atoms with E-state index in [2.05, 4.69) is 52.2 Å². The third kappa shape index (κ3) is 6.28. The van der Waals surface area contributed by atoms with E-state index in [1.807, 2.05) is 0 Å². The van der Waals surface area contributed by atoms with Crippen molar-refractivity contribution in [1.82, 2.24) is 10.6 Å². The van der Waals surface area contributed by atoms with Crippen LogP contribution in [-0.2, 0) is 0 Å². The van der Waals surface area contributed by atoms with Crippen molar-refractivity contribution >= 4 is 11.9 Å². The Morgan fingerprint density at radius 1 is 0.694 bits per heavy atom. The number of aromatic carboxylic acids is 2. The van der Waals surface area contributed by atoms with Crippen molar-refractivity contribution in [3.63, 3.8) is 0 Å². The number of carbonyl (C=O) groups is 2. The highest BCUT2D eigenvalue weighted by Crippen LogP contribution is 2.45. The number of benzene rings is 1. The summed E-state index contributed by atoms with van der Waals surface area (Å²) < 4.78 is 0. The van der Waals surface area contributed by atoms with Crippen LogP contribution in [0.4, 0.5) is 0 Å². The fourth-order valence-electron chi connectivity index (χ4n) is 7.15. The second-order valence-corrected chi connectivity index (χ2v) is 12.8. The number of nitrogens with one attached hydrogen (secondary N) is 2. The van der Waals surface area contributed by atoms with Crippen molar-refractivity contribution in [2.24, 2.45) is 11.8 Å². The lowest BCUT2D eigenvalue weighted by atomic mass is 9.63. The first-order chi connectivity index (χ1) is 16.5. The molecule has 6 aliphatic rings. The third-order valence-corrected chi connectivity index (χ3v) is 8.74. The largest absolute Gasteiger partial charge is 0.478 e. The number of piperidine rings is 4. The first-order valence-electron chi connectivity index (χ1n) is 13.0. The van der Waals surface area contributed by atoms with Gasteiger partial charge in [-0.2, -0.15) is 0 Å². The van der Waals surface area contributed by atoms with Gasteiger partial charge in [-0.05, 0) is 104 Å². The molecule has 0 spiro atoms. The summed E-state index contributed by atoms with van der Waals surface area (Å²) in [6, 6.07) is 5.02. The summed E-state index contributed by atoms with van der Waals surface area (Å²) in [7, 11) is 0. The zero-order chi connectivity index (χ0) is 27.1. The van der Waals surface area contributed by atoms with E-state index in [-0.39, 0.29) is 45.5 Å². The molecule has 6 N–H and O–H groups in total. The Morgan fingerprint density at radius 2 is 1.00 bits per heavy atom. The number of aliphatic hydroxyl groups excluding tert-OH is 2. The Kier molecular flexibility index (Phi) is 7.97. The van der Waals surface area contributed by atoms with Gasteiger partial charge in [0.2, 0.25) is 0 Å². The monoisotopic (exact) mass is 504 g/mol. The van der Waals surface area contributed by atoms with Crippen LogP contribution in [-0.4, -0.2) is 66.7 Å². The summed E-state index contributed by atoms with van der Waals surface area (Å²) in [6.07, 6.45) is 6.49. The highest BCUT2D eigenvalue weighted by molar-refractivity contribution is 5.91. The quantitative estimate of drug-likeness (QED) is 0.359. The molecule has 8 nitrogen and oxygen atoms in total. The predicted octanol–water partition coefficient (Wildman–Crippen LogP) is 3.66. The van der Waals surface area contributed by atoms with Crippen molar-refractivity contribution in [2.45, 2.75) is 114 Å². The van der Waals surface area contributed by atoms with Crippen LogP contribution in [0.3, 0.4) is 0 Å². The fraction of sp³-hybridized carbons (Fsp3) is 0.714. The van der Waals surface area contributed by atoms with E-state index in [4.69, 9.17) is 10.2 Å². The first-order valence-corrected chi connectivity index (χ1v) is 13.0. The number of fused-ring (bicyclic) bond motifs is 6. The highest BCUT2D eigenvalue weighted by atomic mass is 16.4. The van der Waals surface area contributed by atoms with Gasteiger partial charge in [-0.25, -0.2) is 9.59 Å². The molecule has 6 atom stereocenters. The maximum Gasteiger partial charge on any atom is 0.335 e. The van der Waals surface area contributed by atoms with Crippen molar-refractivity contribution < 1.29 is 30.0 Å². The lowest BCUT2D eigenvalue weighted by Crippen LogP contribution is -2.69. The summed E-state index contributed by atoms with van der Waals surface area (Å²) in [5.41, 5.74) is 0.810. The SMILES string of the molecule is CC12CCC(C(O)C1)C(C)(C)N2.CC12CCC(C(O)C1)C(C)(C)N2.O=C(O)c1ccc(C(=O)O)cc1. The van der Waals surface area contributed by atoms with Crippen LogP contribution in [0.25, 0.3) is 0 Å². The van der Waals surface area contributed by atoms with Crippen LogP contribution < -0.4 is 10.6 Å². The number of aliphatic hydroxyl groups is 2. The van der Waals surface area contributed by atoms with Gasteiger partial charge >= 0.3 is 11.9 Å². The molecule has 2 saturated carbocycles. The molecule has 36 heavy (non-hydrogen) atoms. The van der Waals surface area contributed by atoms with Gasteiger partial charge in [0.05, 0.1) is 23.3 Å². The average molecular weight is 505 g/mol. The standard InChI is InChI=1S/2C10H19NO.C8H6O4/c2*1-9(2)7-4-5-10(3,11-9)6-8(7)12;9-7(10)5-1-2-6(4-3-5)8(11)12/h2*7-8,11-12H,4-6H2,1-3H3;1-4H,(H,9,10)(H,11,12). The summed E-state index contributed by atoms with van der Waals surface area (Å²) in [5, 5.41) is 43.9. The molecule has 4 bridgehead atoms. The minimum absolute atomic E-state index is 0.0833. The Hall–Kier alpha value is -2.00. The van der Waals surface area contributed by atoms with E-state index >= 15 is 0 Å². The Bertz CT molecular complexity index is 879. The molecule has 0 radical (unpaired) electrons. The van der Waals surface area contributed by atoms with Gasteiger partial charge in [0.25, 0.3) is 0 Å². The normalized spacial score (nSPS) is 37.1. The van der Waals surface area contributed by atoms with Crippen LogP contribution >= 0.6 is 0 Å². The van der Waals surface area contributed by atoms with E-state index in [1.165, 1.54) is 49.9 Å². The van der Waals surface area contributed by atoms with Gasteiger partial charge in [-0.1, -0.05) is 0 Å². The second-order valence-electron chi connectivity index (χ2n) is 12.8. The molecule has 2 aliphatic carbocycles. The van der Waals surface area contributed by atoms with E-state index in [1.54, 1.807) is 0 Å². The molecule has 4 aliphatic heterocycles. The number of carboxylic acids is 2. The molecular formula is C28H44N2O6.